The van der Waals surface area contributed by atoms with Crippen molar-refractivity contribution in [3.63, 3.8) is 0 Å². The molecule has 0 aliphatic heterocycles. The lowest BCUT2D eigenvalue weighted by molar-refractivity contribution is -0.115. The molecule has 0 saturated heterocycles. The summed E-state index contributed by atoms with van der Waals surface area (Å²) < 4.78 is 15.4. The minimum absolute atomic E-state index is 0.0366. The minimum atomic E-state index is -0.502. The Morgan fingerprint density at radius 2 is 1.65 bits per heavy atom. The molecular weight excluding hydrogens is 607 g/mol. The molecule has 0 bridgehead atoms. The largest absolute Gasteiger partial charge is 0.396 e. The number of benzene rings is 3. The van der Waals surface area contributed by atoms with Gasteiger partial charge in [0.2, 0.25) is 5.91 Å². The van der Waals surface area contributed by atoms with Crippen LogP contribution in [-0.4, -0.2) is 57.1 Å². The van der Waals surface area contributed by atoms with Gasteiger partial charge in [0.05, 0.1) is 12.1 Å². The van der Waals surface area contributed by atoms with Crippen LogP contribution in [0.15, 0.2) is 72.8 Å². The number of ketones is 1. The van der Waals surface area contributed by atoms with E-state index in [9.17, 15) is 23.9 Å². The number of fused-ring (bicyclic) bond motifs is 1. The highest BCUT2D eigenvalue weighted by Gasteiger charge is 2.35. The summed E-state index contributed by atoms with van der Waals surface area (Å²) in [6.45, 7) is 7.21. The number of aliphatic hydroxyl groups is 1. The molecule has 4 aromatic rings. The number of carbonyl (C=O) groups is 3. The maximum Gasteiger partial charge on any atom is 0.274 e. The number of aromatic nitrogens is 2. The van der Waals surface area contributed by atoms with E-state index in [0.29, 0.717) is 59.8 Å². The molecule has 1 aliphatic rings. The van der Waals surface area contributed by atoms with Gasteiger partial charge in [-0.1, -0.05) is 63.1 Å². The van der Waals surface area contributed by atoms with Crippen LogP contribution in [0.25, 0.3) is 5.69 Å². The molecule has 9 heteroatoms. The first-order valence-electron chi connectivity index (χ1n) is 17.0. The molecular formula is C39H45FN4O4. The van der Waals surface area contributed by atoms with E-state index in [-0.39, 0.29) is 36.5 Å². The summed E-state index contributed by atoms with van der Waals surface area (Å²) in [7, 11) is 0. The number of aryl methyl sites for hydroxylation is 1. The average molecular weight is 653 g/mol. The summed E-state index contributed by atoms with van der Waals surface area (Å²) in [6, 6.07) is 20.7. The lowest BCUT2D eigenvalue weighted by Gasteiger charge is -2.31. The second-order valence-electron chi connectivity index (χ2n) is 12.8. The first-order valence-corrected chi connectivity index (χ1v) is 17.0. The fraction of sp³-hybridized carbons (Fsp3) is 0.385. The number of nitrogens with one attached hydrogen (secondary N) is 1. The molecule has 3 aromatic carbocycles. The van der Waals surface area contributed by atoms with Crippen molar-refractivity contribution in [3.05, 3.63) is 112 Å². The minimum Gasteiger partial charge on any atom is -0.396 e. The average Bonchev–Trinajstić information content (AvgIpc) is 3.48. The molecule has 1 unspecified atom stereocenters. The summed E-state index contributed by atoms with van der Waals surface area (Å²) in [4.78, 5) is 43.1. The number of Topliss-reactive ketones (excluding diaryl/α,β-unsaturated/α-hetero) is 1. The second-order valence-corrected chi connectivity index (χ2v) is 12.8. The van der Waals surface area contributed by atoms with E-state index in [0.717, 1.165) is 36.8 Å². The van der Waals surface area contributed by atoms with Gasteiger partial charge in [-0.05, 0) is 91.6 Å². The zero-order valence-electron chi connectivity index (χ0n) is 28.0. The summed E-state index contributed by atoms with van der Waals surface area (Å²) in [5, 5.41) is 18.0. The number of amides is 2. The molecule has 0 fully saturated rings. The van der Waals surface area contributed by atoms with Crippen molar-refractivity contribution in [1.29, 1.82) is 0 Å². The van der Waals surface area contributed by atoms with Crippen molar-refractivity contribution in [2.45, 2.75) is 65.7 Å². The van der Waals surface area contributed by atoms with Crippen LogP contribution in [0.1, 0.15) is 82.8 Å². The molecule has 0 saturated carbocycles. The van der Waals surface area contributed by atoms with Gasteiger partial charge in [-0.15, -0.1) is 0 Å². The molecule has 1 aliphatic carbocycles. The van der Waals surface area contributed by atoms with Gasteiger partial charge in [-0.25, -0.2) is 9.07 Å². The van der Waals surface area contributed by atoms with Gasteiger partial charge in [-0.2, -0.15) is 5.10 Å². The molecule has 2 N–H and O–H groups in total. The lowest BCUT2D eigenvalue weighted by atomic mass is 9.73. The molecule has 252 valence electrons. The monoisotopic (exact) mass is 652 g/mol. The maximum atomic E-state index is 14.6. The van der Waals surface area contributed by atoms with Crippen LogP contribution in [0.5, 0.6) is 0 Å². The number of halogens is 1. The third kappa shape index (κ3) is 8.08. The van der Waals surface area contributed by atoms with Gasteiger partial charge in [0.1, 0.15) is 5.82 Å². The van der Waals surface area contributed by atoms with E-state index in [4.69, 9.17) is 5.10 Å². The normalized spacial score (nSPS) is 15.5. The highest BCUT2D eigenvalue weighted by molar-refractivity contribution is 6.03. The van der Waals surface area contributed by atoms with Crippen molar-refractivity contribution in [2.75, 3.05) is 25.0 Å². The molecule has 5 rings (SSSR count). The Hall–Kier alpha value is -4.63. The molecule has 1 aromatic heterocycles. The molecule has 8 nitrogen and oxygen atoms in total. The van der Waals surface area contributed by atoms with Crippen molar-refractivity contribution in [3.8, 4) is 5.69 Å². The number of unbranched alkanes of at least 4 members (excludes halogenated alkanes) is 2. The molecule has 2 amide bonds. The van der Waals surface area contributed by atoms with Gasteiger partial charge in [-0.3, -0.25) is 14.4 Å². The highest BCUT2D eigenvalue weighted by Crippen LogP contribution is 2.34. The summed E-state index contributed by atoms with van der Waals surface area (Å²) in [6.07, 6.45) is 4.76. The predicted octanol–water partition coefficient (Wildman–Crippen LogP) is 6.75. The number of anilines is 1. The molecule has 1 heterocycles. The van der Waals surface area contributed by atoms with Crippen molar-refractivity contribution in [2.24, 2.45) is 11.8 Å². The summed E-state index contributed by atoms with van der Waals surface area (Å²) >= 11 is 0. The molecule has 2 atom stereocenters. The second kappa shape index (κ2) is 16.0. The number of hydrogen-bond donors (Lipinski definition) is 2. The van der Waals surface area contributed by atoms with Gasteiger partial charge >= 0.3 is 0 Å². The van der Waals surface area contributed by atoms with Gasteiger partial charge in [0.25, 0.3) is 5.91 Å². The highest BCUT2D eigenvalue weighted by atomic mass is 19.1. The first-order chi connectivity index (χ1) is 23.2. The number of aliphatic hydroxyl groups excluding tert-OH is 1. The third-order valence-electron chi connectivity index (χ3n) is 9.17. The standard InChI is InChI=1S/C39H45FN4O4/c1-4-6-17-43(18-7-5-2)39(48)35-19-26(3)44(42-35)36-16-15-32(41-37(46)21-27-11-10-14-31(40)20-27)24-34(36)38(47)33-23-29-13-9-8-12-28(29)22-30(33)25-45/h8-16,19-20,24,30,33,45H,4-7,17-18,21-23,25H2,1-3H3,(H,41,46)/t30-,33?/m0/s1. The fourth-order valence-electron chi connectivity index (χ4n) is 6.51. The smallest absolute Gasteiger partial charge is 0.274 e. The van der Waals surface area contributed by atoms with E-state index >= 15 is 0 Å². The maximum absolute atomic E-state index is 14.6. The van der Waals surface area contributed by atoms with Crippen LogP contribution >= 0.6 is 0 Å². The van der Waals surface area contributed by atoms with Crippen LogP contribution in [0.3, 0.4) is 0 Å². The summed E-state index contributed by atoms with van der Waals surface area (Å²) in [5.74, 6) is -1.87. The van der Waals surface area contributed by atoms with Gasteiger partial charge in [0.15, 0.2) is 11.5 Å². The van der Waals surface area contributed by atoms with Crippen LogP contribution in [-0.2, 0) is 24.1 Å². The quantitative estimate of drug-likeness (QED) is 0.147. The lowest BCUT2D eigenvalue weighted by Crippen LogP contribution is -2.34. The Labute approximate surface area is 282 Å². The van der Waals surface area contributed by atoms with Crippen molar-refractivity contribution < 1.29 is 23.9 Å². The third-order valence-corrected chi connectivity index (χ3v) is 9.17. The van der Waals surface area contributed by atoms with Crippen LogP contribution in [0.2, 0.25) is 0 Å². The van der Waals surface area contributed by atoms with Crippen LogP contribution < -0.4 is 5.32 Å². The van der Waals surface area contributed by atoms with Gasteiger partial charge < -0.3 is 15.3 Å². The first kappa shape index (κ1) is 34.7. The van der Waals surface area contributed by atoms with E-state index in [1.165, 1.54) is 12.1 Å². The van der Waals surface area contributed by atoms with Crippen LogP contribution in [0.4, 0.5) is 10.1 Å². The Morgan fingerprint density at radius 1 is 0.938 bits per heavy atom. The number of hydrogen-bond acceptors (Lipinski definition) is 5. The van der Waals surface area contributed by atoms with E-state index in [2.05, 4.69) is 19.2 Å². The molecule has 0 spiro atoms. The Morgan fingerprint density at radius 3 is 2.31 bits per heavy atom. The Kier molecular flexibility index (Phi) is 11.5. The SMILES string of the molecule is CCCCN(CCCC)C(=O)c1cc(C)n(-c2ccc(NC(=O)Cc3cccc(F)c3)cc2C(=O)C2Cc3ccccc3C[C@H]2CO)n1. The zero-order valence-corrected chi connectivity index (χ0v) is 28.0. The Bertz CT molecular complexity index is 1760. The van der Waals surface area contributed by atoms with E-state index < -0.39 is 11.7 Å². The topological polar surface area (TPSA) is 105 Å². The number of carbonyl (C=O) groups excluding carboxylic acids is 3. The van der Waals surface area contributed by atoms with Crippen molar-refractivity contribution in [1.82, 2.24) is 14.7 Å². The van der Waals surface area contributed by atoms with E-state index in [1.807, 2.05) is 36.1 Å². The number of nitrogens with zero attached hydrogens (tertiary/aromatic N) is 3. The predicted molar refractivity (Wildman–Crippen MR) is 185 cm³/mol. The molecule has 0 radical (unpaired) electrons. The Balaban J connectivity index is 1.51. The fourth-order valence-corrected chi connectivity index (χ4v) is 6.51. The van der Waals surface area contributed by atoms with Gasteiger partial charge in [0, 0.05) is 42.6 Å². The number of rotatable bonds is 14. The van der Waals surface area contributed by atoms with Crippen molar-refractivity contribution >= 4 is 23.3 Å². The van der Waals surface area contributed by atoms with E-state index in [1.54, 1.807) is 41.1 Å². The molecule has 48 heavy (non-hydrogen) atoms. The summed E-state index contributed by atoms with van der Waals surface area (Å²) in [5.41, 5.74) is 4.96. The van der Waals surface area contributed by atoms with Crippen LogP contribution in [0, 0.1) is 24.6 Å². The zero-order chi connectivity index (χ0) is 34.2.